The van der Waals surface area contributed by atoms with Gasteiger partial charge in [0.25, 0.3) is 5.91 Å². The maximum absolute atomic E-state index is 11.3. The highest BCUT2D eigenvalue weighted by Crippen LogP contribution is 2.28. The predicted octanol–water partition coefficient (Wildman–Crippen LogP) is 2.46. The van der Waals surface area contributed by atoms with E-state index in [4.69, 9.17) is 5.73 Å². The largest absolute Gasteiger partial charge is 0.364 e. The Morgan fingerprint density at radius 1 is 1.29 bits per heavy atom. The molecule has 6 heteroatoms. The van der Waals surface area contributed by atoms with E-state index in [1.54, 1.807) is 28.3 Å². The van der Waals surface area contributed by atoms with Crippen molar-refractivity contribution in [3.8, 4) is 10.6 Å². The standard InChI is InChI=1S/C15H14N4OS/c1-10-13(9-19-12(14(16)20)7-8-17-19)21-15(18-10)11-5-3-2-4-6-11/h2-8H,9H2,1H3,(H2,16,20). The SMILES string of the molecule is Cc1nc(-c2ccccc2)sc1Cn1nccc1C(N)=O. The Hall–Kier alpha value is -2.47. The molecule has 2 aromatic heterocycles. The Kier molecular flexibility index (Phi) is 3.53. The first kappa shape index (κ1) is 13.5. The Morgan fingerprint density at radius 3 is 2.76 bits per heavy atom. The second-order valence-corrected chi connectivity index (χ2v) is 5.72. The van der Waals surface area contributed by atoms with Crippen LogP contribution in [0.2, 0.25) is 0 Å². The highest BCUT2D eigenvalue weighted by Gasteiger charge is 2.13. The fraction of sp³-hybridized carbons (Fsp3) is 0.133. The van der Waals surface area contributed by atoms with Crippen LogP contribution in [0.25, 0.3) is 10.6 Å². The molecule has 0 aliphatic carbocycles. The molecule has 0 fully saturated rings. The summed E-state index contributed by atoms with van der Waals surface area (Å²) in [5.41, 5.74) is 7.78. The van der Waals surface area contributed by atoms with Crippen molar-refractivity contribution in [3.63, 3.8) is 0 Å². The number of nitrogens with zero attached hydrogens (tertiary/aromatic N) is 3. The van der Waals surface area contributed by atoms with Gasteiger partial charge in [-0.2, -0.15) is 5.10 Å². The van der Waals surface area contributed by atoms with Crippen molar-refractivity contribution in [2.45, 2.75) is 13.5 Å². The molecule has 2 heterocycles. The third-order valence-electron chi connectivity index (χ3n) is 3.18. The summed E-state index contributed by atoms with van der Waals surface area (Å²) in [6.45, 7) is 2.47. The lowest BCUT2D eigenvalue weighted by Crippen LogP contribution is -2.18. The first-order valence-corrected chi connectivity index (χ1v) is 7.30. The summed E-state index contributed by atoms with van der Waals surface area (Å²) < 4.78 is 1.61. The van der Waals surface area contributed by atoms with Gasteiger partial charge in [0.05, 0.1) is 12.2 Å². The van der Waals surface area contributed by atoms with Crippen molar-refractivity contribution < 1.29 is 4.79 Å². The van der Waals surface area contributed by atoms with E-state index in [1.807, 2.05) is 37.3 Å². The molecule has 0 radical (unpaired) electrons. The van der Waals surface area contributed by atoms with Gasteiger partial charge in [0.1, 0.15) is 10.7 Å². The average Bonchev–Trinajstić information content (AvgIpc) is 3.08. The summed E-state index contributed by atoms with van der Waals surface area (Å²) in [5, 5.41) is 5.12. The number of rotatable bonds is 4. The number of aryl methyl sites for hydroxylation is 1. The Morgan fingerprint density at radius 2 is 2.05 bits per heavy atom. The maximum atomic E-state index is 11.3. The molecule has 2 N–H and O–H groups in total. The van der Waals surface area contributed by atoms with Crippen LogP contribution >= 0.6 is 11.3 Å². The van der Waals surface area contributed by atoms with E-state index >= 15 is 0 Å². The molecule has 0 saturated heterocycles. The van der Waals surface area contributed by atoms with Crippen molar-refractivity contribution >= 4 is 17.2 Å². The number of amides is 1. The normalized spacial score (nSPS) is 10.7. The van der Waals surface area contributed by atoms with Crippen molar-refractivity contribution in [1.29, 1.82) is 0 Å². The molecule has 5 nitrogen and oxygen atoms in total. The molecule has 0 bridgehead atoms. The zero-order valence-electron chi connectivity index (χ0n) is 11.5. The molecule has 1 amide bonds. The smallest absolute Gasteiger partial charge is 0.266 e. The monoisotopic (exact) mass is 298 g/mol. The van der Waals surface area contributed by atoms with Gasteiger partial charge in [0.15, 0.2) is 0 Å². The van der Waals surface area contributed by atoms with Gasteiger partial charge < -0.3 is 5.73 Å². The summed E-state index contributed by atoms with van der Waals surface area (Å²) in [6.07, 6.45) is 1.58. The minimum Gasteiger partial charge on any atom is -0.364 e. The summed E-state index contributed by atoms with van der Waals surface area (Å²) in [6, 6.07) is 11.6. The van der Waals surface area contributed by atoms with Crippen molar-refractivity contribution in [2.24, 2.45) is 5.73 Å². The van der Waals surface area contributed by atoms with Crippen LogP contribution in [0.1, 0.15) is 21.1 Å². The topological polar surface area (TPSA) is 73.8 Å². The first-order chi connectivity index (χ1) is 10.1. The Bertz CT molecular complexity index is 776. The summed E-state index contributed by atoms with van der Waals surface area (Å²) >= 11 is 1.61. The van der Waals surface area contributed by atoms with Crippen molar-refractivity contribution in [1.82, 2.24) is 14.8 Å². The molecule has 21 heavy (non-hydrogen) atoms. The summed E-state index contributed by atoms with van der Waals surface area (Å²) in [7, 11) is 0. The molecular weight excluding hydrogens is 284 g/mol. The van der Waals surface area contributed by atoms with Gasteiger partial charge in [0.2, 0.25) is 0 Å². The quantitative estimate of drug-likeness (QED) is 0.804. The number of aromatic nitrogens is 3. The van der Waals surface area contributed by atoms with Crippen LogP contribution in [0.4, 0.5) is 0 Å². The number of hydrogen-bond donors (Lipinski definition) is 1. The number of primary amides is 1. The molecule has 0 atom stereocenters. The van der Waals surface area contributed by atoms with Crippen LogP contribution in [0, 0.1) is 6.92 Å². The lowest BCUT2D eigenvalue weighted by atomic mass is 10.2. The van der Waals surface area contributed by atoms with Crippen LogP contribution in [0.5, 0.6) is 0 Å². The number of hydrogen-bond acceptors (Lipinski definition) is 4. The molecule has 1 aromatic carbocycles. The third-order valence-corrected chi connectivity index (χ3v) is 4.37. The number of benzene rings is 1. The number of nitrogens with two attached hydrogens (primary N) is 1. The van der Waals surface area contributed by atoms with Crippen LogP contribution in [0.3, 0.4) is 0 Å². The van der Waals surface area contributed by atoms with E-state index in [1.165, 1.54) is 0 Å². The molecule has 0 spiro atoms. The summed E-state index contributed by atoms with van der Waals surface area (Å²) in [4.78, 5) is 17.0. The van der Waals surface area contributed by atoms with Crippen LogP contribution in [-0.4, -0.2) is 20.7 Å². The van der Waals surface area contributed by atoms with E-state index in [2.05, 4.69) is 10.1 Å². The Labute approximate surface area is 126 Å². The van der Waals surface area contributed by atoms with Gasteiger partial charge in [-0.15, -0.1) is 11.3 Å². The van der Waals surface area contributed by atoms with Crippen LogP contribution in [0.15, 0.2) is 42.6 Å². The second-order valence-electron chi connectivity index (χ2n) is 4.63. The van der Waals surface area contributed by atoms with E-state index in [9.17, 15) is 4.79 Å². The zero-order chi connectivity index (χ0) is 14.8. The fourth-order valence-electron chi connectivity index (χ4n) is 2.08. The Balaban J connectivity index is 1.92. The van der Waals surface area contributed by atoms with Gasteiger partial charge >= 0.3 is 0 Å². The van der Waals surface area contributed by atoms with Crippen molar-refractivity contribution in [2.75, 3.05) is 0 Å². The van der Waals surface area contributed by atoms with Gasteiger partial charge in [-0.05, 0) is 13.0 Å². The minimum atomic E-state index is -0.474. The second kappa shape index (κ2) is 5.49. The maximum Gasteiger partial charge on any atom is 0.266 e. The highest BCUT2D eigenvalue weighted by molar-refractivity contribution is 7.15. The van der Waals surface area contributed by atoms with Crippen LogP contribution in [-0.2, 0) is 6.54 Å². The molecule has 0 saturated carbocycles. The van der Waals surface area contributed by atoms with Crippen LogP contribution < -0.4 is 5.73 Å². The predicted molar refractivity (Wildman–Crippen MR) is 82.1 cm³/mol. The average molecular weight is 298 g/mol. The number of carbonyl (C=O) groups excluding carboxylic acids is 1. The fourth-order valence-corrected chi connectivity index (χ4v) is 3.13. The van der Waals surface area contributed by atoms with Gasteiger partial charge in [-0.3, -0.25) is 9.48 Å². The lowest BCUT2D eigenvalue weighted by Gasteiger charge is -2.03. The molecule has 3 aromatic rings. The van der Waals surface area contributed by atoms with E-state index in [0.29, 0.717) is 12.2 Å². The highest BCUT2D eigenvalue weighted by atomic mass is 32.1. The van der Waals surface area contributed by atoms with E-state index in [0.717, 1.165) is 21.1 Å². The summed E-state index contributed by atoms with van der Waals surface area (Å²) in [5.74, 6) is -0.474. The van der Waals surface area contributed by atoms with Gasteiger partial charge in [0, 0.05) is 16.6 Å². The molecule has 106 valence electrons. The third kappa shape index (κ3) is 2.71. The molecular formula is C15H14N4OS. The molecule has 3 rings (SSSR count). The van der Waals surface area contributed by atoms with Gasteiger partial charge in [-0.1, -0.05) is 30.3 Å². The molecule has 0 aliphatic rings. The molecule has 0 aliphatic heterocycles. The van der Waals surface area contributed by atoms with Gasteiger partial charge in [-0.25, -0.2) is 4.98 Å². The van der Waals surface area contributed by atoms with Crippen molar-refractivity contribution in [3.05, 3.63) is 58.9 Å². The first-order valence-electron chi connectivity index (χ1n) is 6.48. The minimum absolute atomic E-state index is 0.407. The number of thiazole rings is 1. The number of carbonyl (C=O) groups is 1. The lowest BCUT2D eigenvalue weighted by molar-refractivity contribution is 0.0990. The zero-order valence-corrected chi connectivity index (χ0v) is 12.3. The van der Waals surface area contributed by atoms with E-state index in [-0.39, 0.29) is 0 Å². The molecule has 0 unspecified atom stereocenters. The van der Waals surface area contributed by atoms with E-state index < -0.39 is 5.91 Å².